The first-order valence-corrected chi connectivity index (χ1v) is 8.86. The molecule has 7 nitrogen and oxygen atoms in total. The molecule has 0 saturated heterocycles. The molecule has 3 aromatic rings. The molecule has 27 heavy (non-hydrogen) atoms. The number of amides is 2. The lowest BCUT2D eigenvalue weighted by atomic mass is 10.1. The fourth-order valence-corrected chi connectivity index (χ4v) is 2.75. The van der Waals surface area contributed by atoms with Crippen LogP contribution in [0.5, 0.6) is 0 Å². The van der Waals surface area contributed by atoms with Gasteiger partial charge in [-0.1, -0.05) is 17.7 Å². The van der Waals surface area contributed by atoms with E-state index in [1.165, 1.54) is 5.56 Å². The van der Waals surface area contributed by atoms with E-state index in [1.807, 2.05) is 74.1 Å². The molecule has 2 aromatic heterocycles. The average molecular weight is 364 g/mol. The van der Waals surface area contributed by atoms with Crippen LogP contribution < -0.4 is 16.0 Å². The van der Waals surface area contributed by atoms with E-state index in [-0.39, 0.29) is 6.03 Å². The topological polar surface area (TPSA) is 83.9 Å². The first kappa shape index (κ1) is 18.4. The van der Waals surface area contributed by atoms with Crippen molar-refractivity contribution < 1.29 is 4.79 Å². The summed E-state index contributed by atoms with van der Waals surface area (Å²) in [6, 6.07) is 11.5. The second kappa shape index (κ2) is 8.35. The molecule has 140 valence electrons. The second-order valence-corrected chi connectivity index (χ2v) is 6.37. The number of carbonyl (C=O) groups excluding carboxylic acids is 1. The van der Waals surface area contributed by atoms with Gasteiger partial charge in [-0.3, -0.25) is 0 Å². The Morgan fingerprint density at radius 3 is 2.56 bits per heavy atom. The van der Waals surface area contributed by atoms with E-state index in [0.29, 0.717) is 18.9 Å². The Bertz CT molecular complexity index is 920. The zero-order valence-corrected chi connectivity index (χ0v) is 15.8. The maximum atomic E-state index is 12.0. The van der Waals surface area contributed by atoms with Crippen molar-refractivity contribution >= 4 is 17.5 Å². The van der Waals surface area contributed by atoms with Crippen molar-refractivity contribution in [3.8, 4) is 5.82 Å². The molecule has 0 radical (unpaired) electrons. The number of anilines is 2. The molecule has 0 aliphatic rings. The SMILES string of the molecule is Cc1ccc(NC(=O)NCCNc2cc(-n3cccc3)nc(C)n2)c(C)c1. The van der Waals surface area contributed by atoms with Crippen molar-refractivity contribution in [2.24, 2.45) is 0 Å². The lowest BCUT2D eigenvalue weighted by Crippen LogP contribution is -2.33. The smallest absolute Gasteiger partial charge is 0.319 e. The summed E-state index contributed by atoms with van der Waals surface area (Å²) in [4.78, 5) is 20.9. The summed E-state index contributed by atoms with van der Waals surface area (Å²) in [5.74, 6) is 2.21. The Kier molecular flexibility index (Phi) is 5.71. The van der Waals surface area contributed by atoms with Crippen molar-refractivity contribution in [1.82, 2.24) is 19.9 Å². The summed E-state index contributed by atoms with van der Waals surface area (Å²) in [7, 11) is 0. The summed E-state index contributed by atoms with van der Waals surface area (Å²) in [6.45, 7) is 6.89. The van der Waals surface area contributed by atoms with Gasteiger partial charge in [-0.25, -0.2) is 14.8 Å². The molecule has 7 heteroatoms. The van der Waals surface area contributed by atoms with Gasteiger partial charge in [0.05, 0.1) is 0 Å². The van der Waals surface area contributed by atoms with E-state index < -0.39 is 0 Å². The minimum Gasteiger partial charge on any atom is -0.368 e. The highest BCUT2D eigenvalue weighted by Gasteiger charge is 2.05. The number of carbonyl (C=O) groups is 1. The lowest BCUT2D eigenvalue weighted by molar-refractivity contribution is 0.252. The summed E-state index contributed by atoms with van der Waals surface area (Å²) < 4.78 is 1.93. The van der Waals surface area contributed by atoms with Crippen LogP contribution in [0.25, 0.3) is 5.82 Å². The Hall–Kier alpha value is -3.35. The second-order valence-electron chi connectivity index (χ2n) is 6.37. The molecule has 1 aromatic carbocycles. The highest BCUT2D eigenvalue weighted by molar-refractivity contribution is 5.90. The maximum Gasteiger partial charge on any atom is 0.319 e. The number of rotatable bonds is 6. The number of benzene rings is 1. The number of hydrogen-bond acceptors (Lipinski definition) is 4. The molecule has 0 fully saturated rings. The molecule has 0 saturated carbocycles. The normalized spacial score (nSPS) is 10.5. The zero-order valence-electron chi connectivity index (χ0n) is 15.8. The van der Waals surface area contributed by atoms with Crippen LogP contribution in [0.4, 0.5) is 16.3 Å². The molecule has 0 atom stereocenters. The monoisotopic (exact) mass is 364 g/mol. The molecule has 3 rings (SSSR count). The fourth-order valence-electron chi connectivity index (χ4n) is 2.75. The van der Waals surface area contributed by atoms with Gasteiger partial charge >= 0.3 is 6.03 Å². The number of aromatic nitrogens is 3. The molecular formula is C20H24N6O. The first-order valence-electron chi connectivity index (χ1n) is 8.86. The highest BCUT2D eigenvalue weighted by Crippen LogP contribution is 2.15. The van der Waals surface area contributed by atoms with Gasteiger partial charge in [0.15, 0.2) is 0 Å². The van der Waals surface area contributed by atoms with Gasteiger partial charge in [0.25, 0.3) is 0 Å². The highest BCUT2D eigenvalue weighted by atomic mass is 16.2. The minimum absolute atomic E-state index is 0.226. The quantitative estimate of drug-likeness (QED) is 0.585. The molecule has 3 N–H and O–H groups in total. The van der Waals surface area contributed by atoms with Gasteiger partial charge in [0, 0.05) is 37.2 Å². The molecule has 2 amide bonds. The Morgan fingerprint density at radius 2 is 1.81 bits per heavy atom. The third kappa shape index (κ3) is 5.07. The molecule has 2 heterocycles. The Balaban J connectivity index is 1.49. The van der Waals surface area contributed by atoms with E-state index in [4.69, 9.17) is 0 Å². The van der Waals surface area contributed by atoms with Crippen LogP contribution in [0.1, 0.15) is 17.0 Å². The van der Waals surface area contributed by atoms with E-state index in [9.17, 15) is 4.79 Å². The van der Waals surface area contributed by atoms with Crippen LogP contribution >= 0.6 is 0 Å². The summed E-state index contributed by atoms with van der Waals surface area (Å²) in [6.07, 6.45) is 3.87. The molecule has 0 unspecified atom stereocenters. The van der Waals surface area contributed by atoms with E-state index in [0.717, 1.165) is 22.9 Å². The van der Waals surface area contributed by atoms with Crippen LogP contribution in [-0.2, 0) is 0 Å². The predicted molar refractivity (Wildman–Crippen MR) is 108 cm³/mol. The van der Waals surface area contributed by atoms with Crippen molar-refractivity contribution in [3.63, 3.8) is 0 Å². The Morgan fingerprint density at radius 1 is 1.04 bits per heavy atom. The third-order valence-electron chi connectivity index (χ3n) is 4.04. The van der Waals surface area contributed by atoms with Gasteiger partial charge in [-0.05, 0) is 44.5 Å². The van der Waals surface area contributed by atoms with Gasteiger partial charge in [-0.2, -0.15) is 0 Å². The lowest BCUT2D eigenvalue weighted by Gasteiger charge is -2.12. The Labute approximate surface area is 158 Å². The molecule has 0 aliphatic heterocycles. The minimum atomic E-state index is -0.226. The van der Waals surface area contributed by atoms with Crippen molar-refractivity contribution in [1.29, 1.82) is 0 Å². The predicted octanol–water partition coefficient (Wildman–Crippen LogP) is 3.43. The molecule has 0 spiro atoms. The number of urea groups is 1. The van der Waals surface area contributed by atoms with Crippen LogP contribution in [-0.4, -0.2) is 33.7 Å². The van der Waals surface area contributed by atoms with Gasteiger partial charge in [0.1, 0.15) is 17.5 Å². The van der Waals surface area contributed by atoms with Gasteiger partial charge in [-0.15, -0.1) is 0 Å². The van der Waals surface area contributed by atoms with Crippen molar-refractivity contribution in [3.05, 3.63) is 65.7 Å². The third-order valence-corrected chi connectivity index (χ3v) is 4.04. The van der Waals surface area contributed by atoms with Gasteiger partial charge < -0.3 is 20.5 Å². The van der Waals surface area contributed by atoms with Crippen LogP contribution in [0.2, 0.25) is 0 Å². The molecule has 0 bridgehead atoms. The van der Waals surface area contributed by atoms with Crippen molar-refractivity contribution in [2.75, 3.05) is 23.7 Å². The fraction of sp³-hybridized carbons (Fsp3) is 0.250. The van der Waals surface area contributed by atoms with E-state index in [1.54, 1.807) is 0 Å². The summed E-state index contributed by atoms with van der Waals surface area (Å²) in [5.41, 5.74) is 3.02. The average Bonchev–Trinajstić information content (AvgIpc) is 3.15. The van der Waals surface area contributed by atoms with Crippen molar-refractivity contribution in [2.45, 2.75) is 20.8 Å². The maximum absolute atomic E-state index is 12.0. The number of hydrogen-bond donors (Lipinski definition) is 3. The van der Waals surface area contributed by atoms with E-state index in [2.05, 4.69) is 25.9 Å². The number of aryl methyl sites for hydroxylation is 3. The van der Waals surface area contributed by atoms with E-state index >= 15 is 0 Å². The largest absolute Gasteiger partial charge is 0.368 e. The summed E-state index contributed by atoms with van der Waals surface area (Å²) >= 11 is 0. The molecular weight excluding hydrogens is 340 g/mol. The number of nitrogens with zero attached hydrogens (tertiary/aromatic N) is 3. The van der Waals surface area contributed by atoms with Crippen LogP contribution in [0.3, 0.4) is 0 Å². The summed E-state index contributed by atoms with van der Waals surface area (Å²) in [5, 5.41) is 8.92. The standard InChI is InChI=1S/C20H24N6O/c1-14-6-7-17(15(2)12-14)25-20(27)22-9-8-21-18-13-19(24-16(3)23-18)26-10-4-5-11-26/h4-7,10-13H,8-9H2,1-3H3,(H,21,23,24)(H2,22,25,27). The first-order chi connectivity index (χ1) is 13.0. The molecule has 0 aliphatic carbocycles. The zero-order chi connectivity index (χ0) is 19.2. The van der Waals surface area contributed by atoms with Crippen LogP contribution in [0.15, 0.2) is 48.8 Å². The number of nitrogens with one attached hydrogen (secondary N) is 3. The van der Waals surface area contributed by atoms with Crippen LogP contribution in [0, 0.1) is 20.8 Å². The van der Waals surface area contributed by atoms with Gasteiger partial charge in [0.2, 0.25) is 0 Å².